The van der Waals surface area contributed by atoms with Gasteiger partial charge in [-0.1, -0.05) is 32.8 Å². The number of hydrogen-bond acceptors (Lipinski definition) is 2. The van der Waals surface area contributed by atoms with Crippen LogP contribution in [0.4, 0.5) is 0 Å². The molecule has 1 aliphatic rings. The fraction of sp³-hybridized carbons (Fsp3) is 0.667. The first-order valence-corrected chi connectivity index (χ1v) is 6.97. The highest BCUT2D eigenvalue weighted by atomic mass is 16.3. The Morgan fingerprint density at radius 3 is 2.78 bits per heavy atom. The first-order valence-electron chi connectivity index (χ1n) is 6.97. The lowest BCUT2D eigenvalue weighted by molar-refractivity contribution is 0.0736. The van der Waals surface area contributed by atoms with E-state index in [0.717, 1.165) is 37.7 Å². The van der Waals surface area contributed by atoms with Crippen LogP contribution >= 0.6 is 0 Å². The van der Waals surface area contributed by atoms with Crippen LogP contribution in [0.1, 0.15) is 51.1 Å². The molecule has 2 rings (SSSR count). The van der Waals surface area contributed by atoms with E-state index in [1.54, 1.807) is 4.57 Å². The van der Waals surface area contributed by atoms with Crippen LogP contribution in [0.5, 0.6) is 0 Å². The molecule has 1 aromatic rings. The first-order chi connectivity index (χ1) is 8.59. The van der Waals surface area contributed by atoms with Crippen LogP contribution < -0.4 is 5.56 Å². The number of nitrogens with zero attached hydrogens (tertiary/aromatic N) is 1. The van der Waals surface area contributed by atoms with Gasteiger partial charge in [-0.3, -0.25) is 4.79 Å². The van der Waals surface area contributed by atoms with Crippen molar-refractivity contribution in [3.8, 4) is 0 Å². The molecule has 2 atom stereocenters. The predicted octanol–water partition coefficient (Wildman–Crippen LogP) is 2.52. The summed E-state index contributed by atoms with van der Waals surface area (Å²) < 4.78 is 1.75. The van der Waals surface area contributed by atoms with Crippen LogP contribution in [-0.4, -0.2) is 15.8 Å². The van der Waals surface area contributed by atoms with Gasteiger partial charge in [0.2, 0.25) is 0 Å². The largest absolute Gasteiger partial charge is 0.391 e. The molecule has 1 fully saturated rings. The highest BCUT2D eigenvalue weighted by molar-refractivity contribution is 5.12. The summed E-state index contributed by atoms with van der Waals surface area (Å²) in [5.74, 6) is 0.477. The number of hydrogen-bond donors (Lipinski definition) is 1. The van der Waals surface area contributed by atoms with Crippen molar-refractivity contribution in [3.63, 3.8) is 0 Å². The summed E-state index contributed by atoms with van der Waals surface area (Å²) in [4.78, 5) is 12.4. The van der Waals surface area contributed by atoms with Gasteiger partial charge in [-0.25, -0.2) is 0 Å². The van der Waals surface area contributed by atoms with E-state index in [4.69, 9.17) is 0 Å². The molecule has 1 aliphatic carbocycles. The summed E-state index contributed by atoms with van der Waals surface area (Å²) >= 11 is 0. The molecule has 3 nitrogen and oxygen atoms in total. The molecule has 1 saturated carbocycles. The fourth-order valence-electron chi connectivity index (χ4n) is 2.83. The van der Waals surface area contributed by atoms with E-state index in [0.29, 0.717) is 5.92 Å². The van der Waals surface area contributed by atoms with Gasteiger partial charge in [0.05, 0.1) is 12.1 Å². The molecule has 18 heavy (non-hydrogen) atoms. The van der Waals surface area contributed by atoms with Gasteiger partial charge in [-0.15, -0.1) is 0 Å². The summed E-state index contributed by atoms with van der Waals surface area (Å²) in [6, 6.07) is 3.81. The minimum absolute atomic E-state index is 0.0293. The normalized spacial score (nSPS) is 24.4. The number of aromatic nitrogens is 1. The van der Waals surface area contributed by atoms with Crippen molar-refractivity contribution in [1.29, 1.82) is 0 Å². The minimum atomic E-state index is -0.370. The zero-order valence-corrected chi connectivity index (χ0v) is 11.3. The predicted molar refractivity (Wildman–Crippen MR) is 72.8 cm³/mol. The van der Waals surface area contributed by atoms with E-state index < -0.39 is 0 Å². The van der Waals surface area contributed by atoms with Crippen molar-refractivity contribution in [3.05, 3.63) is 34.2 Å². The lowest BCUT2D eigenvalue weighted by Crippen LogP contribution is -2.35. The van der Waals surface area contributed by atoms with Crippen molar-refractivity contribution in [2.24, 2.45) is 5.92 Å². The summed E-state index contributed by atoms with van der Waals surface area (Å²) in [6.45, 7) is 4.23. The van der Waals surface area contributed by atoms with Crippen molar-refractivity contribution < 1.29 is 5.11 Å². The quantitative estimate of drug-likeness (QED) is 0.894. The van der Waals surface area contributed by atoms with Gasteiger partial charge in [0.15, 0.2) is 0 Å². The Kier molecular flexibility index (Phi) is 4.23. The minimum Gasteiger partial charge on any atom is -0.391 e. The zero-order valence-electron chi connectivity index (χ0n) is 11.3. The molecule has 0 spiro atoms. The maximum atomic E-state index is 12.4. The molecular weight excluding hydrogens is 226 g/mol. The molecule has 1 N–H and O–H groups in total. The molecule has 0 aliphatic heterocycles. The molecule has 100 valence electrons. The highest BCUT2D eigenvalue weighted by Crippen LogP contribution is 2.27. The number of aliphatic hydroxyl groups is 1. The third-order valence-electron chi connectivity index (χ3n) is 3.73. The number of pyridine rings is 1. The van der Waals surface area contributed by atoms with E-state index >= 15 is 0 Å². The molecule has 1 aromatic heterocycles. The second-order valence-corrected chi connectivity index (χ2v) is 5.76. The van der Waals surface area contributed by atoms with Crippen LogP contribution in [0.2, 0.25) is 0 Å². The summed E-state index contributed by atoms with van der Waals surface area (Å²) in [6.07, 6.45) is 6.15. The third-order valence-corrected chi connectivity index (χ3v) is 3.73. The smallest absolute Gasteiger partial charge is 0.254 e. The van der Waals surface area contributed by atoms with Crippen LogP contribution in [0.25, 0.3) is 0 Å². The Hall–Kier alpha value is -1.09. The first kappa shape index (κ1) is 13.3. The molecule has 0 saturated heterocycles. The molecule has 0 radical (unpaired) electrons. The lowest BCUT2D eigenvalue weighted by atomic mass is 9.92. The van der Waals surface area contributed by atoms with Crippen molar-refractivity contribution >= 4 is 0 Å². The van der Waals surface area contributed by atoms with E-state index in [-0.39, 0.29) is 17.7 Å². The Morgan fingerprint density at radius 1 is 1.39 bits per heavy atom. The van der Waals surface area contributed by atoms with Gasteiger partial charge in [-0.2, -0.15) is 0 Å². The Labute approximate surface area is 108 Å². The second kappa shape index (κ2) is 5.70. The van der Waals surface area contributed by atoms with Crippen molar-refractivity contribution in [2.75, 3.05) is 0 Å². The highest BCUT2D eigenvalue weighted by Gasteiger charge is 2.25. The standard InChI is InChI=1S/C15H23NO2/c1-11(2)10-12-6-5-9-16(15(12)18)13-7-3-4-8-14(13)17/h5-6,9,11,13-14,17H,3-4,7-8,10H2,1-2H3/t13-,14+/m1/s1. The zero-order chi connectivity index (χ0) is 13.1. The monoisotopic (exact) mass is 249 g/mol. The molecule has 1 heterocycles. The molecule has 0 unspecified atom stereocenters. The summed E-state index contributed by atoms with van der Waals surface area (Å²) in [5, 5.41) is 10.1. The molecule has 3 heteroatoms. The Morgan fingerprint density at radius 2 is 2.11 bits per heavy atom. The molecular formula is C15H23NO2. The molecule has 0 bridgehead atoms. The average Bonchev–Trinajstić information content (AvgIpc) is 2.32. The van der Waals surface area contributed by atoms with Gasteiger partial charge >= 0.3 is 0 Å². The van der Waals surface area contributed by atoms with E-state index in [2.05, 4.69) is 13.8 Å². The Balaban J connectivity index is 2.30. The van der Waals surface area contributed by atoms with E-state index in [9.17, 15) is 9.90 Å². The lowest BCUT2D eigenvalue weighted by Gasteiger charge is -2.29. The van der Waals surface area contributed by atoms with Gasteiger partial charge in [0.1, 0.15) is 0 Å². The maximum absolute atomic E-state index is 12.4. The average molecular weight is 249 g/mol. The third kappa shape index (κ3) is 2.83. The van der Waals surface area contributed by atoms with Gasteiger partial charge in [0, 0.05) is 11.8 Å². The van der Waals surface area contributed by atoms with Crippen molar-refractivity contribution in [2.45, 2.75) is 58.1 Å². The van der Waals surface area contributed by atoms with E-state index in [1.165, 1.54) is 0 Å². The van der Waals surface area contributed by atoms with Gasteiger partial charge in [-0.05, 0) is 31.2 Å². The van der Waals surface area contributed by atoms with Crippen molar-refractivity contribution in [1.82, 2.24) is 4.57 Å². The van der Waals surface area contributed by atoms with E-state index in [1.807, 2.05) is 18.3 Å². The number of rotatable bonds is 3. The second-order valence-electron chi connectivity index (χ2n) is 5.76. The molecule has 0 aromatic carbocycles. The SMILES string of the molecule is CC(C)Cc1cccn([C@@H]2CCCC[C@@H]2O)c1=O. The summed E-state index contributed by atoms with van der Waals surface area (Å²) in [7, 11) is 0. The van der Waals surface area contributed by atoms with Crippen LogP contribution in [-0.2, 0) is 6.42 Å². The van der Waals surface area contributed by atoms with Gasteiger partial charge in [0.25, 0.3) is 5.56 Å². The molecule has 0 amide bonds. The fourth-order valence-corrected chi connectivity index (χ4v) is 2.83. The van der Waals surface area contributed by atoms with Crippen LogP contribution in [0, 0.1) is 5.92 Å². The summed E-state index contributed by atoms with van der Waals surface area (Å²) in [5.41, 5.74) is 0.947. The maximum Gasteiger partial charge on any atom is 0.254 e. The Bertz CT molecular complexity index is 450. The number of aliphatic hydroxyl groups excluding tert-OH is 1. The van der Waals surface area contributed by atoms with Crippen LogP contribution in [0.15, 0.2) is 23.1 Å². The van der Waals surface area contributed by atoms with Gasteiger partial charge < -0.3 is 9.67 Å². The van der Waals surface area contributed by atoms with Crippen LogP contribution in [0.3, 0.4) is 0 Å². The topological polar surface area (TPSA) is 42.2 Å².